The summed E-state index contributed by atoms with van der Waals surface area (Å²) >= 11 is 0. The number of nitrogens with one attached hydrogen (secondary N) is 5. The minimum atomic E-state index is -1.63. The van der Waals surface area contributed by atoms with E-state index in [-0.39, 0.29) is 80.8 Å². The molecule has 2 aromatic carbocycles. The number of cyclic esters (lactones) is 1. The first-order valence-electron chi connectivity index (χ1n) is 23.8. The lowest BCUT2D eigenvalue weighted by Gasteiger charge is -2.29. The molecule has 20 nitrogen and oxygen atoms in total. The first-order chi connectivity index (χ1) is 34.6. The Kier molecular flexibility index (Phi) is 18.6. The van der Waals surface area contributed by atoms with Crippen LogP contribution in [-0.4, -0.2) is 113 Å². The zero-order valence-corrected chi connectivity index (χ0v) is 40.6. The normalized spacial score (nSPS) is 15.7. The van der Waals surface area contributed by atoms with Crippen molar-refractivity contribution in [2.45, 2.75) is 91.4 Å². The van der Waals surface area contributed by atoms with Crippen molar-refractivity contribution in [3.05, 3.63) is 110 Å². The van der Waals surface area contributed by atoms with Crippen LogP contribution < -0.4 is 32.1 Å². The molecule has 2 atom stereocenters. The smallest absolute Gasteiger partial charge is 0.340 e. The zero-order chi connectivity index (χ0) is 52.1. The number of hydrogen-bond donors (Lipinski definition) is 6. The Morgan fingerprint density at radius 1 is 0.792 bits per heavy atom. The largest absolute Gasteiger partial charge is 0.458 e. The number of unbranched alkanes of at least 4 members (excludes halogenated alkanes) is 2. The van der Waals surface area contributed by atoms with E-state index in [4.69, 9.17) is 14.5 Å². The molecule has 7 amide bonds. The number of carbonyl (C=O) groups excluding carboxylic acids is 8. The number of aryl methyl sites for hydroxylation is 2. The Labute approximate surface area is 414 Å². The molecule has 382 valence electrons. The summed E-state index contributed by atoms with van der Waals surface area (Å²) in [5, 5.41) is 23.3. The molecule has 21 heteroatoms. The highest BCUT2D eigenvalue weighted by Crippen LogP contribution is 2.46. The second-order valence-corrected chi connectivity index (χ2v) is 17.2. The zero-order valence-electron chi connectivity index (χ0n) is 40.6. The molecule has 4 aliphatic rings. The molecule has 5 heterocycles. The van der Waals surface area contributed by atoms with Crippen molar-refractivity contribution in [3.8, 4) is 11.4 Å². The van der Waals surface area contributed by atoms with E-state index in [0.29, 0.717) is 54.6 Å². The minimum Gasteiger partial charge on any atom is -0.458 e. The number of pyridine rings is 2. The van der Waals surface area contributed by atoms with E-state index in [0.717, 1.165) is 27.0 Å². The maximum atomic E-state index is 15.2. The third-order valence-corrected chi connectivity index (χ3v) is 12.4. The Morgan fingerprint density at radius 2 is 1.40 bits per heavy atom. The predicted molar refractivity (Wildman–Crippen MR) is 259 cm³/mol. The van der Waals surface area contributed by atoms with Crippen molar-refractivity contribution in [1.29, 1.82) is 0 Å². The van der Waals surface area contributed by atoms with Gasteiger partial charge in [0.05, 0.1) is 61.8 Å². The van der Waals surface area contributed by atoms with Crippen LogP contribution in [0.4, 0.5) is 4.39 Å². The molecule has 0 bridgehead atoms. The summed E-state index contributed by atoms with van der Waals surface area (Å²) in [4.78, 5) is 116. The molecule has 0 fully saturated rings. The van der Waals surface area contributed by atoms with Crippen molar-refractivity contribution in [1.82, 2.24) is 41.0 Å². The van der Waals surface area contributed by atoms with Crippen LogP contribution in [0.2, 0.25) is 0 Å². The van der Waals surface area contributed by atoms with Gasteiger partial charge in [-0.25, -0.2) is 14.2 Å². The molecule has 0 saturated carbocycles. The molecule has 8 rings (SSSR count). The van der Waals surface area contributed by atoms with Crippen LogP contribution in [0.5, 0.6) is 0 Å². The van der Waals surface area contributed by atoms with Gasteiger partial charge in [0, 0.05) is 53.6 Å². The molecule has 3 aliphatic heterocycles. The van der Waals surface area contributed by atoms with Crippen LogP contribution in [0.1, 0.15) is 96.9 Å². The van der Waals surface area contributed by atoms with Crippen molar-refractivity contribution in [3.63, 3.8) is 0 Å². The summed E-state index contributed by atoms with van der Waals surface area (Å²) < 4.78 is 27.6. The average Bonchev–Trinajstić information content (AvgIpc) is 3.91. The Balaban J connectivity index is 0.000000857. The van der Waals surface area contributed by atoms with Crippen LogP contribution in [0.3, 0.4) is 0 Å². The molecule has 4 aromatic rings. The van der Waals surface area contributed by atoms with Gasteiger partial charge in [0.15, 0.2) is 6.10 Å². The van der Waals surface area contributed by atoms with Crippen molar-refractivity contribution >= 4 is 58.2 Å². The number of esters is 1. The Hall–Kier alpha value is -7.65. The van der Waals surface area contributed by atoms with Gasteiger partial charge in [-0.1, -0.05) is 56.2 Å². The van der Waals surface area contributed by atoms with Gasteiger partial charge in [-0.3, -0.25) is 43.3 Å². The van der Waals surface area contributed by atoms with E-state index in [1.807, 2.05) is 32.0 Å². The highest BCUT2D eigenvalue weighted by molar-refractivity contribution is 6.12. The van der Waals surface area contributed by atoms with E-state index in [1.54, 1.807) is 13.0 Å². The van der Waals surface area contributed by atoms with E-state index in [1.165, 1.54) is 28.3 Å². The lowest BCUT2D eigenvalue weighted by molar-refractivity contribution is -0.157. The van der Waals surface area contributed by atoms with E-state index in [2.05, 4.69) is 45.6 Å². The maximum absolute atomic E-state index is 15.2. The van der Waals surface area contributed by atoms with Gasteiger partial charge in [-0.05, 0) is 62.3 Å². The first kappa shape index (κ1) is 53.7. The van der Waals surface area contributed by atoms with E-state index < -0.39 is 66.7 Å². The molecule has 0 radical (unpaired) electrons. The fourth-order valence-electron chi connectivity index (χ4n) is 8.67. The summed E-state index contributed by atoms with van der Waals surface area (Å²) in [6, 6.07) is 13.2. The van der Waals surface area contributed by atoms with Crippen molar-refractivity contribution in [2.75, 3.05) is 46.1 Å². The van der Waals surface area contributed by atoms with Crippen LogP contribution in [0.15, 0.2) is 59.4 Å². The molecule has 72 heavy (non-hydrogen) atoms. The molecule has 0 saturated heterocycles. The number of ether oxygens (including phenoxy) is 2. The van der Waals surface area contributed by atoms with Crippen LogP contribution >= 0.6 is 0 Å². The average molecular weight is 995 g/mol. The molecular weight excluding hydrogens is 936 g/mol. The topological polar surface area (TPSA) is 274 Å². The fraction of sp³-hybridized carbons (Fsp3) is 0.412. The predicted octanol–water partition coefficient (Wildman–Crippen LogP) is 2.05. The minimum absolute atomic E-state index is 0.130. The molecule has 1 aliphatic carbocycles. The number of halogens is 1. The molecular formula is C51H59FN8O12. The number of aliphatic hydroxyl groups is 1. The van der Waals surface area contributed by atoms with Gasteiger partial charge in [0.1, 0.15) is 19.2 Å². The van der Waals surface area contributed by atoms with Crippen LogP contribution in [-0.2, 0) is 67.4 Å². The lowest BCUT2D eigenvalue weighted by Crippen LogP contribution is -2.45. The summed E-state index contributed by atoms with van der Waals surface area (Å²) in [6.07, 6.45) is 3.62. The molecule has 2 aromatic heterocycles. The van der Waals surface area contributed by atoms with Crippen molar-refractivity contribution in [2.24, 2.45) is 0 Å². The number of imide groups is 1. The van der Waals surface area contributed by atoms with Gasteiger partial charge >= 0.3 is 5.97 Å². The van der Waals surface area contributed by atoms with E-state index >= 15 is 4.39 Å². The fourth-order valence-corrected chi connectivity index (χ4v) is 8.67. The number of benzene rings is 2. The molecule has 6 N–H and O–H groups in total. The molecule has 0 spiro atoms. The SMILES string of the molecule is CC.Cc1c(F)cc2nc3c(c4c2c1CCC4COCNC(=O)CNC(=O)CNC(=O)CNC(=O)CNC(=O)CCCCCN1C(=O)C=CC1=O)Cn1c-3cc2c(c1=O)COC(=O)[C@H]2O.Cc1ccccc1. The second-order valence-electron chi connectivity index (χ2n) is 17.2. The Bertz CT molecular complexity index is 2830. The number of aromatic nitrogens is 2. The number of rotatable bonds is 18. The van der Waals surface area contributed by atoms with Gasteiger partial charge < -0.3 is 45.7 Å². The third-order valence-electron chi connectivity index (χ3n) is 12.4. The monoisotopic (exact) mass is 994 g/mol. The van der Waals surface area contributed by atoms with Crippen molar-refractivity contribution < 1.29 is 57.3 Å². The highest BCUT2D eigenvalue weighted by atomic mass is 19.1. The van der Waals surface area contributed by atoms with Gasteiger partial charge in [-0.2, -0.15) is 0 Å². The summed E-state index contributed by atoms with van der Waals surface area (Å²) in [5.74, 6) is -5.19. The van der Waals surface area contributed by atoms with Gasteiger partial charge in [-0.15, -0.1) is 0 Å². The quantitative estimate of drug-likeness (QED) is 0.0318. The lowest BCUT2D eigenvalue weighted by atomic mass is 9.78. The number of fused-ring (bicyclic) bond motifs is 5. The number of carbonyl (C=O) groups is 8. The maximum Gasteiger partial charge on any atom is 0.340 e. The highest BCUT2D eigenvalue weighted by Gasteiger charge is 2.37. The number of amides is 7. The second kappa shape index (κ2) is 25.0. The summed E-state index contributed by atoms with van der Waals surface area (Å²) in [6.45, 7) is 6.12. The van der Waals surface area contributed by atoms with E-state index in [9.17, 15) is 48.3 Å². The third kappa shape index (κ3) is 13.0. The number of hydrogen-bond acceptors (Lipinski definition) is 13. The summed E-state index contributed by atoms with van der Waals surface area (Å²) in [7, 11) is 0. The van der Waals surface area contributed by atoms with Crippen LogP contribution in [0, 0.1) is 19.7 Å². The van der Waals surface area contributed by atoms with Gasteiger partial charge in [0.2, 0.25) is 29.5 Å². The molecule has 1 unspecified atom stereocenters. The Morgan fingerprint density at radius 3 is 2.01 bits per heavy atom. The first-order valence-corrected chi connectivity index (χ1v) is 23.8. The van der Waals surface area contributed by atoms with Gasteiger partial charge in [0.25, 0.3) is 17.4 Å². The van der Waals surface area contributed by atoms with Crippen LogP contribution in [0.25, 0.3) is 22.3 Å². The number of aliphatic hydroxyl groups excluding tert-OH is 1. The summed E-state index contributed by atoms with van der Waals surface area (Å²) in [5.41, 5.74) is 5.32. The number of nitrogens with zero attached hydrogens (tertiary/aromatic N) is 3. The standard InChI is InChI=1S/C42H45FN8O12.C7H8.C2H6/c1-21-23-7-6-22(37-25-17-51-29(39(25)49-28(38(23)37)12-27(21)43)11-24-26(41(51)60)19-63-42(61)40(24)59)18-62-20-48-34(56)16-47-33(55)15-46-32(54)14-45-31(53)13-44-30(52)5-3-2-4-10-50-35(57)8-9-36(50)58;1-7-5-3-2-4-6-7;1-2/h8-9,11-12,22,40,59H,2-7,10,13-20H2,1H3,(H,44,52)(H,45,53)(H,46,54)(H,47,55)(H,48,56);2-6H,1H3;1-2H3/t22?,40-;;/m0../s1.